The molecule has 0 aliphatic heterocycles. The van der Waals surface area contributed by atoms with Gasteiger partial charge in [0.2, 0.25) is 15.9 Å². The number of rotatable bonds is 4. The highest BCUT2D eigenvalue weighted by molar-refractivity contribution is 7.89. The first kappa shape index (κ1) is 15.7. The van der Waals surface area contributed by atoms with E-state index in [0.717, 1.165) is 5.56 Å². The molecule has 0 aliphatic carbocycles. The number of hydrogen-bond acceptors (Lipinski definition) is 4. The summed E-state index contributed by atoms with van der Waals surface area (Å²) in [4.78, 5) is 4.62. The van der Waals surface area contributed by atoms with E-state index < -0.39 is 16.1 Å². The molecule has 0 spiro atoms. The van der Waals surface area contributed by atoms with Gasteiger partial charge in [-0.25, -0.2) is 13.4 Å². The maximum atomic E-state index is 12.6. The zero-order valence-electron chi connectivity index (χ0n) is 13.2. The van der Waals surface area contributed by atoms with E-state index in [1.165, 1.54) is 0 Å². The van der Waals surface area contributed by atoms with Crippen LogP contribution in [0.5, 0.6) is 0 Å². The van der Waals surface area contributed by atoms with Gasteiger partial charge in [0.1, 0.15) is 5.52 Å². The molecule has 0 aliphatic rings. The van der Waals surface area contributed by atoms with Gasteiger partial charge >= 0.3 is 0 Å². The van der Waals surface area contributed by atoms with Gasteiger partial charge in [0.15, 0.2) is 5.58 Å². The molecule has 0 saturated carbocycles. The second-order valence-electron chi connectivity index (χ2n) is 5.63. The summed E-state index contributed by atoms with van der Waals surface area (Å²) in [5.41, 5.74) is 2.94. The molecule has 1 unspecified atom stereocenters. The Bertz CT molecular complexity index is 928. The van der Waals surface area contributed by atoms with Crippen molar-refractivity contribution in [1.82, 2.24) is 9.71 Å². The van der Waals surface area contributed by atoms with Crippen molar-refractivity contribution < 1.29 is 12.8 Å². The van der Waals surface area contributed by atoms with Crippen molar-refractivity contribution in [2.45, 2.75) is 31.7 Å². The van der Waals surface area contributed by atoms with E-state index in [0.29, 0.717) is 22.6 Å². The van der Waals surface area contributed by atoms with E-state index in [9.17, 15) is 8.42 Å². The van der Waals surface area contributed by atoms with E-state index in [1.54, 1.807) is 32.0 Å². The van der Waals surface area contributed by atoms with Crippen LogP contribution in [0.2, 0.25) is 0 Å². The Hall–Kier alpha value is -2.18. The lowest BCUT2D eigenvalue weighted by Gasteiger charge is -2.13. The summed E-state index contributed by atoms with van der Waals surface area (Å²) in [5.74, 6) is 0.347. The fourth-order valence-corrected chi connectivity index (χ4v) is 3.94. The van der Waals surface area contributed by atoms with Crippen molar-refractivity contribution in [2.24, 2.45) is 0 Å². The molecule has 6 heteroatoms. The smallest absolute Gasteiger partial charge is 0.241 e. The van der Waals surface area contributed by atoms with Crippen molar-refractivity contribution >= 4 is 21.1 Å². The molecule has 5 nitrogen and oxygen atoms in total. The Balaban J connectivity index is 1.91. The average Bonchev–Trinajstić information content (AvgIpc) is 2.93. The zero-order chi connectivity index (χ0) is 16.6. The summed E-state index contributed by atoms with van der Waals surface area (Å²) < 4.78 is 33.5. The summed E-state index contributed by atoms with van der Waals surface area (Å²) in [6, 6.07) is 12.1. The molecular formula is C17H18N2O3S. The Morgan fingerprint density at radius 3 is 2.61 bits per heavy atom. The van der Waals surface area contributed by atoms with E-state index >= 15 is 0 Å². The monoisotopic (exact) mass is 330 g/mol. The third kappa shape index (κ3) is 3.13. The molecule has 0 radical (unpaired) electrons. The number of aromatic nitrogens is 1. The minimum atomic E-state index is -3.65. The molecule has 1 aromatic heterocycles. The quantitative estimate of drug-likeness (QED) is 0.795. The van der Waals surface area contributed by atoms with Crippen LogP contribution in [0, 0.1) is 13.8 Å². The van der Waals surface area contributed by atoms with E-state index in [-0.39, 0.29) is 4.90 Å². The lowest BCUT2D eigenvalue weighted by molar-refractivity contribution is 0.467. The van der Waals surface area contributed by atoms with Crippen molar-refractivity contribution in [2.75, 3.05) is 0 Å². The van der Waals surface area contributed by atoms with Gasteiger partial charge < -0.3 is 4.42 Å². The SMILES string of the molecule is Cc1ccc(C)c(S(=O)(=O)NC(C)c2nc3ccccc3o2)c1. The highest BCUT2D eigenvalue weighted by atomic mass is 32.2. The second-order valence-corrected chi connectivity index (χ2v) is 7.31. The van der Waals surface area contributed by atoms with Crippen molar-refractivity contribution in [3.8, 4) is 0 Å². The van der Waals surface area contributed by atoms with Gasteiger partial charge in [-0.05, 0) is 50.1 Å². The van der Waals surface area contributed by atoms with Crippen LogP contribution in [-0.2, 0) is 10.0 Å². The molecule has 2 aromatic carbocycles. The molecule has 1 heterocycles. The van der Waals surface area contributed by atoms with Gasteiger partial charge in [-0.1, -0.05) is 24.3 Å². The number of fused-ring (bicyclic) bond motifs is 1. The van der Waals surface area contributed by atoms with Crippen molar-refractivity contribution in [3.05, 3.63) is 59.5 Å². The fourth-order valence-electron chi connectivity index (χ4n) is 2.42. The number of nitrogens with one attached hydrogen (secondary N) is 1. The number of benzene rings is 2. The number of para-hydroxylation sites is 2. The molecule has 3 aromatic rings. The number of oxazole rings is 1. The Labute approximate surface area is 135 Å². The van der Waals surface area contributed by atoms with Gasteiger partial charge in [-0.2, -0.15) is 4.72 Å². The number of aryl methyl sites for hydroxylation is 2. The molecule has 0 amide bonds. The molecule has 3 rings (SSSR count). The first-order chi connectivity index (χ1) is 10.9. The van der Waals surface area contributed by atoms with Crippen molar-refractivity contribution in [3.63, 3.8) is 0 Å². The van der Waals surface area contributed by atoms with E-state index in [1.807, 2.05) is 31.2 Å². The topological polar surface area (TPSA) is 72.2 Å². The lowest BCUT2D eigenvalue weighted by Crippen LogP contribution is -2.27. The second kappa shape index (κ2) is 5.79. The number of sulfonamides is 1. The van der Waals surface area contributed by atoms with Gasteiger partial charge in [0.05, 0.1) is 10.9 Å². The maximum Gasteiger partial charge on any atom is 0.241 e. The number of hydrogen-bond donors (Lipinski definition) is 1. The fraction of sp³-hybridized carbons (Fsp3) is 0.235. The maximum absolute atomic E-state index is 12.6. The van der Waals surface area contributed by atoms with Crippen molar-refractivity contribution in [1.29, 1.82) is 0 Å². The number of nitrogens with zero attached hydrogens (tertiary/aromatic N) is 1. The Kier molecular flexibility index (Phi) is 3.95. The summed E-state index contributed by atoms with van der Waals surface area (Å²) in [7, 11) is -3.65. The minimum Gasteiger partial charge on any atom is -0.439 e. The van der Waals surface area contributed by atoms with Crippen LogP contribution in [0.15, 0.2) is 51.8 Å². The van der Waals surface area contributed by atoms with Gasteiger partial charge in [-0.15, -0.1) is 0 Å². The Morgan fingerprint density at radius 1 is 1.13 bits per heavy atom. The summed E-state index contributed by atoms with van der Waals surface area (Å²) in [6.07, 6.45) is 0. The average molecular weight is 330 g/mol. The molecular weight excluding hydrogens is 312 g/mol. The van der Waals surface area contributed by atoms with Crippen LogP contribution in [0.25, 0.3) is 11.1 Å². The largest absolute Gasteiger partial charge is 0.439 e. The third-order valence-corrected chi connectivity index (χ3v) is 5.33. The van der Waals surface area contributed by atoms with Crippen LogP contribution >= 0.6 is 0 Å². The summed E-state index contributed by atoms with van der Waals surface area (Å²) in [5, 5.41) is 0. The van der Waals surface area contributed by atoms with E-state index in [2.05, 4.69) is 9.71 Å². The Morgan fingerprint density at radius 2 is 1.87 bits per heavy atom. The molecule has 0 saturated heterocycles. The van der Waals surface area contributed by atoms with Gasteiger partial charge in [-0.3, -0.25) is 0 Å². The molecule has 1 N–H and O–H groups in total. The standard InChI is InChI=1S/C17H18N2O3S/c1-11-8-9-12(2)16(10-11)23(20,21)19-13(3)17-18-14-6-4-5-7-15(14)22-17/h4-10,13,19H,1-3H3. The summed E-state index contributed by atoms with van der Waals surface area (Å²) >= 11 is 0. The van der Waals surface area contributed by atoms with Gasteiger partial charge in [0.25, 0.3) is 0 Å². The van der Waals surface area contributed by atoms with Crippen LogP contribution in [0.3, 0.4) is 0 Å². The molecule has 0 bridgehead atoms. The normalized spacial score (nSPS) is 13.3. The molecule has 120 valence electrons. The predicted molar refractivity (Wildman–Crippen MR) is 88.7 cm³/mol. The molecule has 1 atom stereocenters. The first-order valence-electron chi connectivity index (χ1n) is 7.32. The predicted octanol–water partition coefficient (Wildman–Crippen LogP) is 3.48. The van der Waals surface area contributed by atoms with Crippen LogP contribution < -0.4 is 4.72 Å². The first-order valence-corrected chi connectivity index (χ1v) is 8.80. The van der Waals surface area contributed by atoms with Crippen LogP contribution in [-0.4, -0.2) is 13.4 Å². The highest BCUT2D eigenvalue weighted by Gasteiger charge is 2.23. The van der Waals surface area contributed by atoms with Crippen LogP contribution in [0.1, 0.15) is 30.0 Å². The van der Waals surface area contributed by atoms with Crippen LogP contribution in [0.4, 0.5) is 0 Å². The minimum absolute atomic E-state index is 0.278. The zero-order valence-corrected chi connectivity index (χ0v) is 14.0. The lowest BCUT2D eigenvalue weighted by atomic mass is 10.2. The molecule has 0 fully saturated rings. The van der Waals surface area contributed by atoms with E-state index in [4.69, 9.17) is 4.42 Å². The highest BCUT2D eigenvalue weighted by Crippen LogP contribution is 2.23. The molecule has 23 heavy (non-hydrogen) atoms. The van der Waals surface area contributed by atoms with Gasteiger partial charge in [0, 0.05) is 0 Å². The summed E-state index contributed by atoms with van der Waals surface area (Å²) in [6.45, 7) is 5.36. The third-order valence-electron chi connectivity index (χ3n) is 3.65.